The van der Waals surface area contributed by atoms with Crippen molar-refractivity contribution >= 4 is 11.3 Å². The molecule has 0 amide bonds. The molecule has 0 saturated heterocycles. The normalized spacial score (nSPS) is 33.4. The summed E-state index contributed by atoms with van der Waals surface area (Å²) in [7, 11) is 0. The van der Waals surface area contributed by atoms with Crippen molar-refractivity contribution in [3.8, 4) is 0 Å². The van der Waals surface area contributed by atoms with Crippen molar-refractivity contribution in [3.05, 3.63) is 22.4 Å². The Balaban J connectivity index is 2.04. The second-order valence-electron chi connectivity index (χ2n) is 4.55. The topological polar surface area (TPSA) is 26.0 Å². The largest absolute Gasteiger partial charge is 0.321 e. The van der Waals surface area contributed by atoms with E-state index >= 15 is 0 Å². The van der Waals surface area contributed by atoms with Crippen LogP contribution in [0.3, 0.4) is 0 Å². The minimum atomic E-state index is 0.0170. The molecular weight excluding hydrogens is 178 g/mol. The summed E-state index contributed by atoms with van der Waals surface area (Å²) in [4.78, 5) is 1.37. The van der Waals surface area contributed by atoms with E-state index in [4.69, 9.17) is 5.73 Å². The molecular formula is C11H17NS. The van der Waals surface area contributed by atoms with Crippen LogP contribution >= 0.6 is 11.3 Å². The Morgan fingerprint density at radius 3 is 2.69 bits per heavy atom. The van der Waals surface area contributed by atoms with E-state index in [1.807, 2.05) is 0 Å². The van der Waals surface area contributed by atoms with Crippen molar-refractivity contribution in [2.24, 2.45) is 17.6 Å². The second kappa shape index (κ2) is 3.10. The third-order valence-electron chi connectivity index (χ3n) is 3.21. The smallest absolute Gasteiger partial charge is 0.0509 e. The third kappa shape index (κ3) is 1.53. The van der Waals surface area contributed by atoms with Gasteiger partial charge in [0.2, 0.25) is 0 Å². The van der Waals surface area contributed by atoms with Crippen LogP contribution in [0.5, 0.6) is 0 Å². The van der Waals surface area contributed by atoms with Gasteiger partial charge in [-0.2, -0.15) is 0 Å². The first-order valence-corrected chi connectivity index (χ1v) is 5.83. The Hall–Kier alpha value is -0.340. The molecule has 2 N–H and O–H groups in total. The van der Waals surface area contributed by atoms with E-state index in [0.29, 0.717) is 0 Å². The highest BCUT2D eigenvalue weighted by atomic mass is 32.1. The lowest BCUT2D eigenvalue weighted by Gasteiger charge is -2.46. The average molecular weight is 195 g/mol. The number of hydrogen-bond acceptors (Lipinski definition) is 2. The molecule has 0 atom stereocenters. The molecule has 1 aromatic heterocycles. The highest BCUT2D eigenvalue weighted by molar-refractivity contribution is 7.10. The van der Waals surface area contributed by atoms with Gasteiger partial charge in [0.05, 0.1) is 5.54 Å². The van der Waals surface area contributed by atoms with Crippen molar-refractivity contribution in [1.29, 1.82) is 0 Å². The summed E-state index contributed by atoms with van der Waals surface area (Å²) in [5.41, 5.74) is 6.32. The predicted molar refractivity (Wildman–Crippen MR) is 57.7 cm³/mol. The first-order valence-electron chi connectivity index (χ1n) is 4.95. The fraction of sp³-hybridized carbons (Fsp3) is 0.636. The standard InChI is InChI=1S/C11H17NS/c1-8(2)9-6-11(12,7-9)10-4-3-5-13-10/h3-5,8-9H,6-7,12H2,1-2H3. The van der Waals surface area contributed by atoms with Gasteiger partial charge in [0.1, 0.15) is 0 Å². The lowest BCUT2D eigenvalue weighted by molar-refractivity contribution is 0.108. The minimum absolute atomic E-state index is 0.0170. The van der Waals surface area contributed by atoms with Crippen LogP contribution in [-0.4, -0.2) is 0 Å². The van der Waals surface area contributed by atoms with Crippen LogP contribution in [0.4, 0.5) is 0 Å². The summed E-state index contributed by atoms with van der Waals surface area (Å²) in [5.74, 6) is 1.63. The molecule has 1 nitrogen and oxygen atoms in total. The van der Waals surface area contributed by atoms with Crippen LogP contribution in [-0.2, 0) is 5.54 Å². The van der Waals surface area contributed by atoms with Gasteiger partial charge in [-0.05, 0) is 36.1 Å². The molecule has 0 aliphatic heterocycles. The predicted octanol–water partition coefficient (Wildman–Crippen LogP) is 2.97. The van der Waals surface area contributed by atoms with Crippen LogP contribution in [0.15, 0.2) is 17.5 Å². The van der Waals surface area contributed by atoms with Gasteiger partial charge >= 0.3 is 0 Å². The van der Waals surface area contributed by atoms with Crippen LogP contribution in [0.2, 0.25) is 0 Å². The molecule has 2 heteroatoms. The van der Waals surface area contributed by atoms with Crippen molar-refractivity contribution < 1.29 is 0 Å². The number of thiophene rings is 1. The number of rotatable bonds is 2. The van der Waals surface area contributed by atoms with Crippen molar-refractivity contribution in [1.82, 2.24) is 0 Å². The van der Waals surface area contributed by atoms with Gasteiger partial charge in [0, 0.05) is 4.88 Å². The van der Waals surface area contributed by atoms with Crippen LogP contribution in [0.1, 0.15) is 31.6 Å². The first kappa shape index (κ1) is 9.22. The lowest BCUT2D eigenvalue weighted by Crippen LogP contribution is -2.49. The Morgan fingerprint density at radius 2 is 2.23 bits per heavy atom. The molecule has 0 bridgehead atoms. The van der Waals surface area contributed by atoms with Crippen molar-refractivity contribution in [2.75, 3.05) is 0 Å². The Kier molecular flexibility index (Phi) is 2.20. The summed E-state index contributed by atoms with van der Waals surface area (Å²) in [6, 6.07) is 4.26. The van der Waals surface area contributed by atoms with E-state index in [9.17, 15) is 0 Å². The van der Waals surface area contributed by atoms with Crippen LogP contribution in [0.25, 0.3) is 0 Å². The molecule has 1 aliphatic rings. The van der Waals surface area contributed by atoms with E-state index < -0.39 is 0 Å². The molecule has 2 rings (SSSR count). The molecule has 13 heavy (non-hydrogen) atoms. The first-order chi connectivity index (χ1) is 6.12. The molecule has 0 unspecified atom stereocenters. The molecule has 1 saturated carbocycles. The highest BCUT2D eigenvalue weighted by Gasteiger charge is 2.43. The van der Waals surface area contributed by atoms with Gasteiger partial charge in [-0.3, -0.25) is 0 Å². The zero-order valence-corrected chi connectivity index (χ0v) is 9.10. The van der Waals surface area contributed by atoms with Gasteiger partial charge in [0.15, 0.2) is 0 Å². The summed E-state index contributed by atoms with van der Waals surface area (Å²) in [6.45, 7) is 4.58. The number of hydrogen-bond donors (Lipinski definition) is 1. The van der Waals surface area contributed by atoms with Crippen molar-refractivity contribution in [3.63, 3.8) is 0 Å². The minimum Gasteiger partial charge on any atom is -0.321 e. The van der Waals surface area contributed by atoms with Gasteiger partial charge in [-0.1, -0.05) is 19.9 Å². The van der Waals surface area contributed by atoms with E-state index in [0.717, 1.165) is 11.8 Å². The van der Waals surface area contributed by atoms with E-state index in [1.54, 1.807) is 11.3 Å². The van der Waals surface area contributed by atoms with Gasteiger partial charge in [-0.15, -0.1) is 11.3 Å². The third-order valence-corrected chi connectivity index (χ3v) is 4.30. The fourth-order valence-electron chi connectivity index (χ4n) is 2.11. The molecule has 0 aromatic carbocycles. The monoisotopic (exact) mass is 195 g/mol. The Bertz CT molecular complexity index is 270. The maximum absolute atomic E-state index is 6.31. The Labute approximate surface area is 84.0 Å². The molecule has 1 aromatic rings. The summed E-state index contributed by atoms with van der Waals surface area (Å²) >= 11 is 1.79. The van der Waals surface area contributed by atoms with Crippen LogP contribution < -0.4 is 5.73 Å². The molecule has 1 heterocycles. The van der Waals surface area contributed by atoms with Crippen molar-refractivity contribution in [2.45, 2.75) is 32.2 Å². The van der Waals surface area contributed by atoms with Gasteiger partial charge in [0.25, 0.3) is 0 Å². The van der Waals surface area contributed by atoms with Gasteiger partial charge in [-0.25, -0.2) is 0 Å². The van der Waals surface area contributed by atoms with E-state index in [-0.39, 0.29) is 5.54 Å². The highest BCUT2D eigenvalue weighted by Crippen LogP contribution is 2.47. The Morgan fingerprint density at radius 1 is 1.54 bits per heavy atom. The summed E-state index contributed by atoms with van der Waals surface area (Å²) in [5, 5.41) is 2.12. The quantitative estimate of drug-likeness (QED) is 0.771. The zero-order chi connectivity index (χ0) is 9.47. The summed E-state index contributed by atoms with van der Waals surface area (Å²) in [6.07, 6.45) is 2.34. The SMILES string of the molecule is CC(C)C1CC(N)(c2cccs2)C1. The van der Waals surface area contributed by atoms with E-state index in [2.05, 4.69) is 31.4 Å². The van der Waals surface area contributed by atoms with E-state index in [1.165, 1.54) is 17.7 Å². The fourth-order valence-corrected chi connectivity index (χ4v) is 2.97. The van der Waals surface area contributed by atoms with Gasteiger partial charge < -0.3 is 5.73 Å². The molecule has 72 valence electrons. The maximum atomic E-state index is 6.31. The molecule has 0 radical (unpaired) electrons. The maximum Gasteiger partial charge on any atom is 0.0509 e. The molecule has 1 aliphatic carbocycles. The number of nitrogens with two attached hydrogens (primary N) is 1. The second-order valence-corrected chi connectivity index (χ2v) is 5.49. The average Bonchev–Trinajstić information content (AvgIpc) is 2.49. The zero-order valence-electron chi connectivity index (χ0n) is 8.29. The van der Waals surface area contributed by atoms with Crippen LogP contribution in [0, 0.1) is 11.8 Å². The molecule has 0 spiro atoms. The lowest BCUT2D eigenvalue weighted by atomic mass is 9.64. The molecule has 1 fully saturated rings. The summed E-state index contributed by atoms with van der Waals surface area (Å²) < 4.78 is 0.